The van der Waals surface area contributed by atoms with Gasteiger partial charge in [0.15, 0.2) is 6.10 Å². The van der Waals surface area contributed by atoms with Gasteiger partial charge in [-0.15, -0.1) is 0 Å². The molecule has 1 N–H and O–H groups in total. The molecule has 1 saturated carbocycles. The highest BCUT2D eigenvalue weighted by Gasteiger charge is 2.52. The number of halogens is 3. The molecule has 0 aromatic heterocycles. The Kier molecular flexibility index (Phi) is 4.83. The molecule has 1 aromatic rings. The molecular weight excluding hydrogens is 355 g/mol. The van der Waals surface area contributed by atoms with Crippen molar-refractivity contribution in [1.29, 1.82) is 0 Å². The van der Waals surface area contributed by atoms with Crippen LogP contribution in [0, 0.1) is 11.8 Å². The number of rotatable bonds is 4. The highest BCUT2D eigenvalue weighted by molar-refractivity contribution is 6.05. The van der Waals surface area contributed by atoms with Gasteiger partial charge in [0, 0.05) is 11.5 Å². The predicted octanol–water partition coefficient (Wildman–Crippen LogP) is 2.53. The number of methoxy groups -OCH3 is 2. The Morgan fingerprint density at radius 2 is 2.08 bits per heavy atom. The second-order valence-electron chi connectivity index (χ2n) is 6.35. The summed E-state index contributed by atoms with van der Waals surface area (Å²) in [6.07, 6.45) is -7.41. The zero-order chi connectivity index (χ0) is 19.1. The first-order valence-electron chi connectivity index (χ1n) is 8.01. The van der Waals surface area contributed by atoms with Gasteiger partial charge in [0.25, 0.3) is 0 Å². The summed E-state index contributed by atoms with van der Waals surface area (Å²) in [6, 6.07) is 4.74. The van der Waals surface area contributed by atoms with Crippen LogP contribution in [0.2, 0.25) is 0 Å². The third-order valence-corrected chi connectivity index (χ3v) is 4.86. The van der Waals surface area contributed by atoms with Crippen LogP contribution in [0.5, 0.6) is 5.75 Å². The maximum atomic E-state index is 12.8. The molecule has 1 aromatic carbocycles. The van der Waals surface area contributed by atoms with Crippen LogP contribution in [0.25, 0.3) is 0 Å². The largest absolute Gasteiger partial charge is 0.496 e. The summed E-state index contributed by atoms with van der Waals surface area (Å²) in [5.41, 5.74) is 1.18. The van der Waals surface area contributed by atoms with Crippen molar-refractivity contribution < 1.29 is 37.4 Å². The lowest BCUT2D eigenvalue weighted by Gasteiger charge is -2.21. The van der Waals surface area contributed by atoms with Gasteiger partial charge >= 0.3 is 12.1 Å². The summed E-state index contributed by atoms with van der Waals surface area (Å²) in [6.45, 7) is 0. The van der Waals surface area contributed by atoms with E-state index in [2.05, 4.69) is 5.16 Å². The molecule has 1 heterocycles. The normalized spacial score (nSPS) is 25.9. The smallest absolute Gasteiger partial charge is 0.414 e. The lowest BCUT2D eigenvalue weighted by Crippen LogP contribution is -2.35. The Morgan fingerprint density at radius 3 is 2.69 bits per heavy atom. The first-order valence-corrected chi connectivity index (χ1v) is 8.01. The number of esters is 1. The quantitative estimate of drug-likeness (QED) is 0.821. The van der Waals surface area contributed by atoms with E-state index in [1.54, 1.807) is 12.1 Å². The summed E-state index contributed by atoms with van der Waals surface area (Å²) in [7, 11) is 2.65. The summed E-state index contributed by atoms with van der Waals surface area (Å²) in [5, 5.41) is 13.5. The van der Waals surface area contributed by atoms with Crippen molar-refractivity contribution in [3.63, 3.8) is 0 Å². The molecule has 142 valence electrons. The van der Waals surface area contributed by atoms with Crippen molar-refractivity contribution in [3.8, 4) is 5.75 Å². The van der Waals surface area contributed by atoms with Gasteiger partial charge in [-0.05, 0) is 37.0 Å². The number of carbonyl (C=O) groups excluding carboxylic acids is 1. The molecule has 3 rings (SSSR count). The van der Waals surface area contributed by atoms with Gasteiger partial charge in [0.1, 0.15) is 17.4 Å². The minimum absolute atomic E-state index is 0.0678. The maximum Gasteiger partial charge on any atom is 0.414 e. The summed E-state index contributed by atoms with van der Waals surface area (Å²) in [4.78, 5) is 17.2. The van der Waals surface area contributed by atoms with Crippen LogP contribution in [-0.2, 0) is 9.57 Å². The van der Waals surface area contributed by atoms with Gasteiger partial charge in [-0.3, -0.25) is 0 Å². The third kappa shape index (κ3) is 3.23. The highest BCUT2D eigenvalue weighted by Crippen LogP contribution is 2.44. The molecule has 0 amide bonds. The van der Waals surface area contributed by atoms with Gasteiger partial charge in [-0.25, -0.2) is 4.79 Å². The van der Waals surface area contributed by atoms with E-state index in [-0.39, 0.29) is 24.3 Å². The summed E-state index contributed by atoms with van der Waals surface area (Å²) < 4.78 is 48.2. The third-order valence-electron chi connectivity index (χ3n) is 4.86. The van der Waals surface area contributed by atoms with Crippen molar-refractivity contribution in [2.45, 2.75) is 31.2 Å². The number of benzene rings is 1. The molecule has 0 radical (unpaired) electrons. The minimum Gasteiger partial charge on any atom is -0.496 e. The number of hydrogen-bond acceptors (Lipinski definition) is 6. The van der Waals surface area contributed by atoms with Crippen molar-refractivity contribution in [3.05, 3.63) is 29.3 Å². The fourth-order valence-electron chi connectivity index (χ4n) is 3.56. The molecule has 4 unspecified atom stereocenters. The molecule has 0 bridgehead atoms. The van der Waals surface area contributed by atoms with E-state index in [1.165, 1.54) is 20.3 Å². The predicted molar refractivity (Wildman–Crippen MR) is 84.0 cm³/mol. The highest BCUT2D eigenvalue weighted by atomic mass is 19.4. The van der Waals surface area contributed by atoms with Crippen molar-refractivity contribution in [1.82, 2.24) is 0 Å². The fourth-order valence-corrected chi connectivity index (χ4v) is 3.56. The SMILES string of the molecule is COC(=O)c1cc(C2=NOC3CC(C(O)C(F)(F)F)CC23)ccc1OC. The number of fused-ring (bicyclic) bond motifs is 1. The number of aliphatic hydroxyl groups is 1. The number of carbonyl (C=O) groups is 1. The standard InChI is InChI=1S/C17H18F3NO5/c1-24-12-4-3-8(5-11(12)16(23)25-2)14-10-6-9(7-13(10)26-21-14)15(22)17(18,19)20/h3-5,9-10,13,15,22H,6-7H2,1-2H3. The molecule has 0 saturated heterocycles. The van der Waals surface area contributed by atoms with Gasteiger partial charge in [-0.1, -0.05) is 5.16 Å². The van der Waals surface area contributed by atoms with Crippen LogP contribution in [0.4, 0.5) is 13.2 Å². The number of oxime groups is 1. The Bertz CT molecular complexity index is 734. The van der Waals surface area contributed by atoms with E-state index < -0.39 is 30.3 Å². The van der Waals surface area contributed by atoms with Gasteiger partial charge < -0.3 is 19.4 Å². The minimum atomic E-state index is -4.67. The number of aliphatic hydroxyl groups excluding tert-OH is 1. The first kappa shape index (κ1) is 18.5. The molecule has 26 heavy (non-hydrogen) atoms. The molecule has 0 spiro atoms. The van der Waals surface area contributed by atoms with Crippen LogP contribution < -0.4 is 4.74 Å². The van der Waals surface area contributed by atoms with E-state index >= 15 is 0 Å². The Balaban J connectivity index is 1.84. The average Bonchev–Trinajstić information content (AvgIpc) is 3.19. The van der Waals surface area contributed by atoms with Crippen LogP contribution in [0.1, 0.15) is 28.8 Å². The topological polar surface area (TPSA) is 77.4 Å². The maximum absolute atomic E-state index is 12.8. The van der Waals surface area contributed by atoms with Crippen LogP contribution in [0.15, 0.2) is 23.4 Å². The van der Waals surface area contributed by atoms with Crippen LogP contribution in [-0.4, -0.2) is 49.4 Å². The van der Waals surface area contributed by atoms with Crippen molar-refractivity contribution in [2.75, 3.05) is 14.2 Å². The number of ether oxygens (including phenoxy) is 2. The molecule has 9 heteroatoms. The van der Waals surface area contributed by atoms with Crippen molar-refractivity contribution in [2.24, 2.45) is 17.0 Å². The number of nitrogens with zero attached hydrogens (tertiary/aromatic N) is 1. The summed E-state index contributed by atoms with van der Waals surface area (Å²) >= 11 is 0. The lowest BCUT2D eigenvalue weighted by atomic mass is 9.91. The second-order valence-corrected chi connectivity index (χ2v) is 6.35. The van der Waals surface area contributed by atoms with E-state index in [9.17, 15) is 23.1 Å². The zero-order valence-electron chi connectivity index (χ0n) is 14.1. The van der Waals surface area contributed by atoms with Gasteiger partial charge in [0.05, 0.1) is 19.9 Å². The number of alkyl halides is 3. The van der Waals surface area contributed by atoms with Crippen LogP contribution >= 0.6 is 0 Å². The molecule has 6 nitrogen and oxygen atoms in total. The molecule has 2 aliphatic rings. The molecule has 1 aliphatic heterocycles. The van der Waals surface area contributed by atoms with E-state index in [4.69, 9.17) is 14.3 Å². The number of hydrogen-bond donors (Lipinski definition) is 1. The molecule has 1 fully saturated rings. The monoisotopic (exact) mass is 373 g/mol. The van der Waals surface area contributed by atoms with E-state index in [0.717, 1.165) is 0 Å². The zero-order valence-corrected chi connectivity index (χ0v) is 14.1. The van der Waals surface area contributed by atoms with E-state index in [0.29, 0.717) is 17.0 Å². The second kappa shape index (κ2) is 6.79. The van der Waals surface area contributed by atoms with Crippen molar-refractivity contribution >= 4 is 11.7 Å². The Hall–Kier alpha value is -2.29. The molecule has 1 aliphatic carbocycles. The van der Waals surface area contributed by atoms with Gasteiger partial charge in [0.2, 0.25) is 0 Å². The summed E-state index contributed by atoms with van der Waals surface area (Å²) in [5.74, 6) is -1.62. The Labute approximate surface area is 147 Å². The van der Waals surface area contributed by atoms with Crippen LogP contribution in [0.3, 0.4) is 0 Å². The Morgan fingerprint density at radius 1 is 1.35 bits per heavy atom. The lowest BCUT2D eigenvalue weighted by molar-refractivity contribution is -0.219. The fraction of sp³-hybridized carbons (Fsp3) is 0.529. The molecular formula is C17H18F3NO5. The molecule has 4 atom stereocenters. The van der Waals surface area contributed by atoms with E-state index in [1.807, 2.05) is 0 Å². The average molecular weight is 373 g/mol. The van der Waals surface area contributed by atoms with Gasteiger partial charge in [-0.2, -0.15) is 13.2 Å². The first-order chi connectivity index (χ1) is 12.3.